The van der Waals surface area contributed by atoms with Gasteiger partial charge in [0.2, 0.25) is 0 Å². The fraction of sp³-hybridized carbons (Fsp3) is 0.692. The first-order valence-electron chi connectivity index (χ1n) is 6.51. The molecule has 0 bridgehead atoms. The molecule has 1 N–H and O–H groups in total. The van der Waals surface area contributed by atoms with Crippen molar-refractivity contribution in [2.24, 2.45) is 10.9 Å². The standard InChI is InChI=1S/C13H21N3S2/c1-5-10-6-14-12(18-10)9(4)15-13-16-11(7-17-13)8(2)3/h6,8-9,11H,5,7H2,1-4H3,(H,15,16). The normalized spacial score (nSPS) is 21.2. The van der Waals surface area contributed by atoms with Crippen LogP contribution < -0.4 is 5.32 Å². The van der Waals surface area contributed by atoms with Crippen molar-refractivity contribution < 1.29 is 0 Å². The topological polar surface area (TPSA) is 37.3 Å². The van der Waals surface area contributed by atoms with Crippen molar-refractivity contribution in [1.82, 2.24) is 10.3 Å². The highest BCUT2D eigenvalue weighted by Gasteiger charge is 2.22. The zero-order valence-electron chi connectivity index (χ0n) is 11.4. The maximum absolute atomic E-state index is 4.73. The van der Waals surface area contributed by atoms with Crippen LogP contribution in [-0.4, -0.2) is 21.9 Å². The van der Waals surface area contributed by atoms with E-state index in [4.69, 9.17) is 4.99 Å². The highest BCUT2D eigenvalue weighted by Crippen LogP contribution is 2.25. The molecule has 0 amide bonds. The predicted molar refractivity (Wildman–Crippen MR) is 81.6 cm³/mol. The van der Waals surface area contributed by atoms with E-state index in [0.29, 0.717) is 12.0 Å². The monoisotopic (exact) mass is 283 g/mol. The van der Waals surface area contributed by atoms with E-state index in [1.165, 1.54) is 4.88 Å². The number of hydrogen-bond acceptors (Lipinski definition) is 5. The van der Waals surface area contributed by atoms with E-state index in [1.54, 1.807) is 11.3 Å². The Kier molecular flexibility index (Phi) is 4.67. The third-order valence-electron chi connectivity index (χ3n) is 3.07. The minimum absolute atomic E-state index is 0.257. The van der Waals surface area contributed by atoms with Gasteiger partial charge in [0.15, 0.2) is 5.17 Å². The average Bonchev–Trinajstić information content (AvgIpc) is 2.96. The van der Waals surface area contributed by atoms with Gasteiger partial charge in [0.25, 0.3) is 0 Å². The van der Waals surface area contributed by atoms with Crippen LogP contribution in [0.5, 0.6) is 0 Å². The lowest BCUT2D eigenvalue weighted by Gasteiger charge is -2.11. The van der Waals surface area contributed by atoms with Gasteiger partial charge in [-0.3, -0.25) is 4.99 Å². The molecule has 0 aliphatic carbocycles. The number of rotatable bonds is 4. The van der Waals surface area contributed by atoms with Crippen molar-refractivity contribution in [3.63, 3.8) is 0 Å². The number of nitrogens with zero attached hydrogens (tertiary/aromatic N) is 2. The number of amidine groups is 1. The van der Waals surface area contributed by atoms with Gasteiger partial charge in [0, 0.05) is 16.8 Å². The molecule has 1 aliphatic heterocycles. The molecule has 1 aromatic heterocycles. The van der Waals surface area contributed by atoms with Crippen LogP contribution in [0, 0.1) is 5.92 Å². The number of aromatic nitrogens is 1. The number of thiazole rings is 1. The summed E-state index contributed by atoms with van der Waals surface area (Å²) in [6.45, 7) is 8.79. The molecular weight excluding hydrogens is 262 g/mol. The molecule has 2 rings (SSSR count). The molecule has 2 unspecified atom stereocenters. The van der Waals surface area contributed by atoms with Gasteiger partial charge in [-0.2, -0.15) is 0 Å². The van der Waals surface area contributed by atoms with Crippen LogP contribution in [0.15, 0.2) is 11.2 Å². The van der Waals surface area contributed by atoms with Gasteiger partial charge in [-0.25, -0.2) is 4.98 Å². The Hall–Kier alpha value is -0.550. The molecule has 3 nitrogen and oxygen atoms in total. The molecule has 0 saturated heterocycles. The van der Waals surface area contributed by atoms with Crippen LogP contribution >= 0.6 is 23.1 Å². The molecule has 0 saturated carbocycles. The minimum atomic E-state index is 0.257. The largest absolute Gasteiger partial charge is 0.356 e. The molecule has 1 aromatic rings. The zero-order chi connectivity index (χ0) is 13.1. The molecule has 2 atom stereocenters. The van der Waals surface area contributed by atoms with Crippen LogP contribution in [0.2, 0.25) is 0 Å². The Labute approximate surface area is 118 Å². The van der Waals surface area contributed by atoms with Crippen LogP contribution in [0.1, 0.15) is 43.6 Å². The maximum atomic E-state index is 4.73. The van der Waals surface area contributed by atoms with Crippen LogP contribution in [-0.2, 0) is 6.42 Å². The van der Waals surface area contributed by atoms with Gasteiger partial charge in [-0.05, 0) is 19.3 Å². The van der Waals surface area contributed by atoms with E-state index < -0.39 is 0 Å². The van der Waals surface area contributed by atoms with Crippen molar-refractivity contribution >= 4 is 28.3 Å². The number of aliphatic imine (C=N–C) groups is 1. The fourth-order valence-electron chi connectivity index (χ4n) is 1.74. The molecule has 2 heterocycles. The molecule has 5 heteroatoms. The summed E-state index contributed by atoms with van der Waals surface area (Å²) in [5.41, 5.74) is 0. The van der Waals surface area contributed by atoms with Gasteiger partial charge in [-0.15, -0.1) is 11.3 Å². The number of hydrogen-bond donors (Lipinski definition) is 1. The van der Waals surface area contributed by atoms with E-state index in [-0.39, 0.29) is 6.04 Å². The van der Waals surface area contributed by atoms with Crippen LogP contribution in [0.25, 0.3) is 0 Å². The third-order valence-corrected chi connectivity index (χ3v) is 5.40. The van der Waals surface area contributed by atoms with Gasteiger partial charge < -0.3 is 5.32 Å². The summed E-state index contributed by atoms with van der Waals surface area (Å²) in [6.07, 6.45) is 3.05. The first-order valence-corrected chi connectivity index (χ1v) is 8.32. The average molecular weight is 283 g/mol. The lowest BCUT2D eigenvalue weighted by atomic mass is 10.1. The first kappa shape index (κ1) is 13.9. The Balaban J connectivity index is 1.95. The number of nitrogens with one attached hydrogen (secondary N) is 1. The second kappa shape index (κ2) is 6.06. The Morgan fingerprint density at radius 2 is 2.22 bits per heavy atom. The van der Waals surface area contributed by atoms with E-state index in [0.717, 1.165) is 22.3 Å². The molecule has 0 fully saturated rings. The molecular formula is C13H21N3S2. The van der Waals surface area contributed by atoms with Crippen molar-refractivity contribution in [3.8, 4) is 0 Å². The van der Waals surface area contributed by atoms with Crippen molar-refractivity contribution in [3.05, 3.63) is 16.1 Å². The van der Waals surface area contributed by atoms with Crippen molar-refractivity contribution in [1.29, 1.82) is 0 Å². The molecule has 1 aliphatic rings. The highest BCUT2D eigenvalue weighted by molar-refractivity contribution is 8.14. The lowest BCUT2D eigenvalue weighted by molar-refractivity contribution is 0.541. The van der Waals surface area contributed by atoms with E-state index in [1.807, 2.05) is 18.0 Å². The molecule has 0 radical (unpaired) electrons. The maximum Gasteiger partial charge on any atom is 0.157 e. The van der Waals surface area contributed by atoms with Gasteiger partial charge in [-0.1, -0.05) is 32.5 Å². The fourth-order valence-corrected chi connectivity index (χ4v) is 3.86. The second-order valence-electron chi connectivity index (χ2n) is 4.94. The number of aryl methyl sites for hydroxylation is 1. The van der Waals surface area contributed by atoms with Gasteiger partial charge >= 0.3 is 0 Å². The van der Waals surface area contributed by atoms with E-state index in [2.05, 4.69) is 38.0 Å². The molecule has 100 valence electrons. The second-order valence-corrected chi connectivity index (χ2v) is 7.10. The summed E-state index contributed by atoms with van der Waals surface area (Å²) in [5.74, 6) is 1.73. The third kappa shape index (κ3) is 3.26. The number of thioether (sulfide) groups is 1. The smallest absolute Gasteiger partial charge is 0.157 e. The van der Waals surface area contributed by atoms with Crippen LogP contribution in [0.4, 0.5) is 0 Å². The quantitative estimate of drug-likeness (QED) is 0.919. The SMILES string of the molecule is CCc1cnc(C(C)NC2=NC(C(C)C)CS2)s1. The Morgan fingerprint density at radius 3 is 2.78 bits per heavy atom. The predicted octanol–water partition coefficient (Wildman–Crippen LogP) is 3.48. The van der Waals surface area contributed by atoms with Crippen molar-refractivity contribution in [2.45, 2.75) is 46.2 Å². The highest BCUT2D eigenvalue weighted by atomic mass is 32.2. The van der Waals surface area contributed by atoms with Gasteiger partial charge in [0.05, 0.1) is 12.1 Å². The van der Waals surface area contributed by atoms with Crippen molar-refractivity contribution in [2.75, 3.05) is 5.75 Å². The summed E-state index contributed by atoms with van der Waals surface area (Å²) in [7, 11) is 0. The molecule has 0 spiro atoms. The summed E-state index contributed by atoms with van der Waals surface area (Å²) in [5, 5.41) is 5.71. The summed E-state index contributed by atoms with van der Waals surface area (Å²) in [4.78, 5) is 10.5. The summed E-state index contributed by atoms with van der Waals surface area (Å²) < 4.78 is 0. The first-order chi connectivity index (χ1) is 8.60. The zero-order valence-corrected chi connectivity index (χ0v) is 13.1. The Bertz CT molecular complexity index is 426. The summed E-state index contributed by atoms with van der Waals surface area (Å²) >= 11 is 3.62. The minimum Gasteiger partial charge on any atom is -0.356 e. The lowest BCUT2D eigenvalue weighted by Crippen LogP contribution is -2.23. The Morgan fingerprint density at radius 1 is 1.44 bits per heavy atom. The van der Waals surface area contributed by atoms with Crippen LogP contribution in [0.3, 0.4) is 0 Å². The summed E-state index contributed by atoms with van der Waals surface area (Å²) in [6, 6.07) is 0.722. The van der Waals surface area contributed by atoms with E-state index in [9.17, 15) is 0 Å². The molecule has 0 aromatic carbocycles. The molecule has 18 heavy (non-hydrogen) atoms. The van der Waals surface area contributed by atoms with Gasteiger partial charge in [0.1, 0.15) is 5.01 Å². The van der Waals surface area contributed by atoms with E-state index >= 15 is 0 Å².